The molecule has 3 heterocycles. The standard InChI is InChI=1S/C30H34BrN3O2Si/c1-18(2)37(19(3)4,20(5)6)17-16-25-21(7)22-12-11-14-24-27(22)33(25)29(36)34(31)30(24)23-13-9-10-15-26(23)32(8)28(30)35/h9-15,18-20H,1-8H3. The van der Waals surface area contributed by atoms with Crippen molar-refractivity contribution in [3.63, 3.8) is 0 Å². The minimum Gasteiger partial charge on any atom is -0.312 e. The van der Waals surface area contributed by atoms with Crippen molar-refractivity contribution in [2.24, 2.45) is 0 Å². The molecule has 1 spiro atoms. The number of carbonyl (C=O) groups excluding carboxylic acids is 2. The molecule has 0 saturated heterocycles. The molecule has 37 heavy (non-hydrogen) atoms. The molecule has 5 rings (SSSR count). The van der Waals surface area contributed by atoms with E-state index in [0.29, 0.717) is 16.6 Å². The first-order valence-electron chi connectivity index (χ1n) is 13.0. The quantitative estimate of drug-likeness (QED) is 0.186. The van der Waals surface area contributed by atoms with Crippen molar-refractivity contribution in [2.45, 2.75) is 70.6 Å². The van der Waals surface area contributed by atoms with Gasteiger partial charge in [0.25, 0.3) is 5.91 Å². The van der Waals surface area contributed by atoms with Crippen LogP contribution in [-0.2, 0) is 10.3 Å². The molecular formula is C30H34BrN3O2Si. The lowest BCUT2D eigenvalue weighted by Crippen LogP contribution is -2.55. The molecule has 192 valence electrons. The van der Waals surface area contributed by atoms with Crippen LogP contribution in [0.2, 0.25) is 16.6 Å². The van der Waals surface area contributed by atoms with Gasteiger partial charge in [-0.3, -0.25) is 9.36 Å². The molecule has 3 aromatic rings. The minimum absolute atomic E-state index is 0.157. The van der Waals surface area contributed by atoms with Crippen LogP contribution in [0.25, 0.3) is 10.9 Å². The van der Waals surface area contributed by atoms with Gasteiger partial charge < -0.3 is 4.90 Å². The number of benzene rings is 2. The average molecular weight is 577 g/mol. The topological polar surface area (TPSA) is 45.6 Å². The van der Waals surface area contributed by atoms with E-state index in [9.17, 15) is 9.59 Å². The highest BCUT2D eigenvalue weighted by molar-refractivity contribution is 9.07. The maximum atomic E-state index is 14.2. The smallest absolute Gasteiger partial charge is 0.312 e. The predicted molar refractivity (Wildman–Crippen MR) is 157 cm³/mol. The summed E-state index contributed by atoms with van der Waals surface area (Å²) in [7, 11) is -0.255. The number of anilines is 1. The summed E-state index contributed by atoms with van der Waals surface area (Å²) in [5, 5.41) is 0.959. The van der Waals surface area contributed by atoms with Gasteiger partial charge in [-0.2, -0.15) is 0 Å². The van der Waals surface area contributed by atoms with Gasteiger partial charge in [-0.1, -0.05) is 83.9 Å². The van der Waals surface area contributed by atoms with E-state index < -0.39 is 13.6 Å². The van der Waals surface area contributed by atoms with Crippen LogP contribution in [0.1, 0.15) is 63.9 Å². The summed E-state index contributed by atoms with van der Waals surface area (Å²) in [5.41, 5.74) is 8.83. The number of aromatic nitrogens is 1. The third-order valence-corrected chi connectivity index (χ3v) is 15.9. The molecule has 2 aliphatic rings. The summed E-state index contributed by atoms with van der Waals surface area (Å²) in [5.74, 6) is 3.39. The first-order valence-corrected chi connectivity index (χ1v) is 15.9. The Morgan fingerprint density at radius 2 is 1.49 bits per heavy atom. The highest BCUT2D eigenvalue weighted by Gasteiger charge is 2.60. The molecule has 0 N–H and O–H groups in total. The van der Waals surface area contributed by atoms with Crippen molar-refractivity contribution >= 4 is 52.7 Å². The molecule has 1 aromatic heterocycles. The van der Waals surface area contributed by atoms with Gasteiger partial charge in [0.2, 0.25) is 0 Å². The molecule has 0 bridgehead atoms. The van der Waals surface area contributed by atoms with Gasteiger partial charge in [-0.15, -0.1) is 5.54 Å². The Kier molecular flexibility index (Phi) is 6.00. The van der Waals surface area contributed by atoms with E-state index in [-0.39, 0.29) is 11.9 Å². The van der Waals surface area contributed by atoms with Crippen molar-refractivity contribution in [2.75, 3.05) is 11.9 Å². The van der Waals surface area contributed by atoms with E-state index in [4.69, 9.17) is 0 Å². The Labute approximate surface area is 229 Å². The monoisotopic (exact) mass is 575 g/mol. The first kappa shape index (κ1) is 25.8. The zero-order valence-corrected chi connectivity index (χ0v) is 25.4. The van der Waals surface area contributed by atoms with Crippen LogP contribution in [0, 0.1) is 18.4 Å². The number of para-hydroxylation sites is 2. The van der Waals surface area contributed by atoms with Gasteiger partial charge in [0.05, 0.1) is 21.7 Å². The van der Waals surface area contributed by atoms with Crippen LogP contribution in [0.4, 0.5) is 10.5 Å². The number of hydrogen-bond acceptors (Lipinski definition) is 2. The Hall–Kier alpha value is -2.82. The third kappa shape index (κ3) is 3.09. The fraction of sp³-hybridized carbons (Fsp3) is 0.400. The normalized spacial score (nSPS) is 19.0. The van der Waals surface area contributed by atoms with Crippen LogP contribution in [0.15, 0.2) is 42.5 Å². The highest BCUT2D eigenvalue weighted by atomic mass is 79.9. The van der Waals surface area contributed by atoms with Crippen LogP contribution in [0.5, 0.6) is 0 Å². The van der Waals surface area contributed by atoms with Crippen molar-refractivity contribution in [3.05, 3.63) is 64.8 Å². The van der Waals surface area contributed by atoms with E-state index in [2.05, 4.69) is 69.2 Å². The lowest BCUT2D eigenvalue weighted by Gasteiger charge is -2.40. The predicted octanol–water partition coefficient (Wildman–Crippen LogP) is 7.33. The number of rotatable bonds is 3. The Morgan fingerprint density at radius 1 is 0.892 bits per heavy atom. The van der Waals surface area contributed by atoms with E-state index in [0.717, 1.165) is 39.0 Å². The van der Waals surface area contributed by atoms with Gasteiger partial charge in [-0.05, 0) is 35.2 Å². The van der Waals surface area contributed by atoms with Gasteiger partial charge in [0.1, 0.15) is 13.8 Å². The molecule has 2 amide bonds. The summed E-state index contributed by atoms with van der Waals surface area (Å²) in [6.07, 6.45) is 0. The summed E-state index contributed by atoms with van der Waals surface area (Å²) >= 11 is 3.59. The van der Waals surface area contributed by atoms with Crippen molar-refractivity contribution in [1.82, 2.24) is 8.49 Å². The van der Waals surface area contributed by atoms with E-state index in [1.54, 1.807) is 16.5 Å². The number of likely N-dealkylation sites (N-methyl/N-ethyl adjacent to an activating group) is 1. The highest BCUT2D eigenvalue weighted by Crippen LogP contribution is 2.53. The zero-order chi connectivity index (χ0) is 27.0. The number of carbonyl (C=O) groups is 2. The fourth-order valence-corrected chi connectivity index (χ4v) is 12.9. The molecule has 0 aliphatic carbocycles. The molecule has 1 atom stereocenters. The number of amides is 2. The third-order valence-electron chi connectivity index (χ3n) is 8.82. The van der Waals surface area contributed by atoms with Crippen molar-refractivity contribution in [1.29, 1.82) is 0 Å². The average Bonchev–Trinajstić information content (AvgIpc) is 3.26. The van der Waals surface area contributed by atoms with Crippen molar-refractivity contribution in [3.8, 4) is 11.5 Å². The summed E-state index contributed by atoms with van der Waals surface area (Å²) in [6, 6.07) is 13.4. The molecule has 2 aliphatic heterocycles. The SMILES string of the molecule is Cc1c(C#C[Si](C(C)C)(C(C)C)C(C)C)n2c3c(cccc13)C1(C(=O)N(C)c3ccccc31)N(Br)C2=O. The molecule has 2 aromatic carbocycles. The molecule has 7 heteroatoms. The molecule has 1 unspecified atom stereocenters. The number of aryl methyl sites for hydroxylation is 1. The largest absolute Gasteiger partial charge is 0.341 e. The second-order valence-electron chi connectivity index (χ2n) is 11.3. The molecular weight excluding hydrogens is 542 g/mol. The number of halogens is 1. The molecule has 0 saturated carbocycles. The van der Waals surface area contributed by atoms with Gasteiger partial charge >= 0.3 is 6.03 Å². The van der Waals surface area contributed by atoms with E-state index in [1.807, 2.05) is 49.4 Å². The summed E-state index contributed by atoms with van der Waals surface area (Å²) in [4.78, 5) is 29.8. The lowest BCUT2D eigenvalue weighted by atomic mass is 9.81. The zero-order valence-electron chi connectivity index (χ0n) is 22.8. The maximum absolute atomic E-state index is 14.2. The van der Waals surface area contributed by atoms with Crippen LogP contribution in [0.3, 0.4) is 0 Å². The summed E-state index contributed by atoms with van der Waals surface area (Å²) in [6.45, 7) is 15.8. The fourth-order valence-electron chi connectivity index (χ4n) is 7.05. The van der Waals surface area contributed by atoms with Gasteiger partial charge in [-0.25, -0.2) is 8.72 Å². The number of fused-ring (bicyclic) bond motifs is 3. The van der Waals surface area contributed by atoms with Crippen LogP contribution >= 0.6 is 16.1 Å². The Balaban J connectivity index is 1.86. The Morgan fingerprint density at radius 3 is 2.11 bits per heavy atom. The van der Waals surface area contributed by atoms with Gasteiger partial charge in [0, 0.05) is 29.2 Å². The van der Waals surface area contributed by atoms with Gasteiger partial charge in [0.15, 0.2) is 5.54 Å². The second kappa shape index (κ2) is 8.61. The summed E-state index contributed by atoms with van der Waals surface area (Å²) < 4.78 is 3.16. The van der Waals surface area contributed by atoms with E-state index >= 15 is 0 Å². The molecule has 0 fully saturated rings. The number of hydrogen-bond donors (Lipinski definition) is 0. The number of nitrogens with zero attached hydrogens (tertiary/aromatic N) is 3. The second-order valence-corrected chi connectivity index (χ2v) is 17.6. The van der Waals surface area contributed by atoms with Crippen LogP contribution < -0.4 is 4.90 Å². The Bertz CT molecular complexity index is 1510. The minimum atomic E-state index is -2.02. The van der Waals surface area contributed by atoms with Crippen molar-refractivity contribution < 1.29 is 9.59 Å². The van der Waals surface area contributed by atoms with E-state index in [1.165, 1.54) is 3.93 Å². The molecule has 5 nitrogen and oxygen atoms in total. The first-order chi connectivity index (χ1) is 17.4. The molecule has 0 radical (unpaired) electrons. The van der Waals surface area contributed by atoms with Crippen LogP contribution in [-0.4, -0.2) is 35.6 Å². The lowest BCUT2D eigenvalue weighted by molar-refractivity contribution is -0.123. The maximum Gasteiger partial charge on any atom is 0.341 e.